The molecule has 32 heavy (non-hydrogen) atoms. The molecule has 0 aliphatic carbocycles. The van der Waals surface area contributed by atoms with Crippen LogP contribution in [0.15, 0.2) is 0 Å². The lowest BCUT2D eigenvalue weighted by atomic mass is 9.84. The van der Waals surface area contributed by atoms with E-state index < -0.39 is 0 Å². The SMILES string of the molecule is CCCCCCCCCCC(CCCCCCCC)C(=O)c1c(C)c(O)c(C)c(C)c1O. The highest BCUT2D eigenvalue weighted by atomic mass is 16.3. The van der Waals surface area contributed by atoms with Crippen molar-refractivity contribution in [1.29, 1.82) is 0 Å². The number of hydrogen-bond acceptors (Lipinski definition) is 3. The molecule has 1 unspecified atom stereocenters. The predicted octanol–water partition coefficient (Wildman–Crippen LogP) is 9.10. The molecular weight excluding hydrogens is 396 g/mol. The molecule has 3 nitrogen and oxygen atoms in total. The molecule has 0 heterocycles. The van der Waals surface area contributed by atoms with Gasteiger partial charge in [0, 0.05) is 11.5 Å². The Balaban J connectivity index is 2.76. The van der Waals surface area contributed by atoms with Gasteiger partial charge in [0.25, 0.3) is 0 Å². The van der Waals surface area contributed by atoms with Gasteiger partial charge in [-0.2, -0.15) is 0 Å². The standard InChI is InChI=1S/C29H50O3/c1-6-8-10-12-14-15-17-19-21-25(20-18-16-13-11-9-7-2)29(32)26-24(5)27(30)22(3)23(4)28(26)31/h25,30-31H,6-21H2,1-5H3. The molecule has 1 rings (SSSR count). The van der Waals surface area contributed by atoms with E-state index in [0.29, 0.717) is 22.3 Å². The van der Waals surface area contributed by atoms with Crippen molar-refractivity contribution in [1.82, 2.24) is 0 Å². The monoisotopic (exact) mass is 446 g/mol. The van der Waals surface area contributed by atoms with Crippen molar-refractivity contribution < 1.29 is 15.0 Å². The Morgan fingerprint density at radius 3 is 1.41 bits per heavy atom. The third kappa shape index (κ3) is 9.16. The summed E-state index contributed by atoms with van der Waals surface area (Å²) < 4.78 is 0. The van der Waals surface area contributed by atoms with Crippen LogP contribution < -0.4 is 0 Å². The van der Waals surface area contributed by atoms with Gasteiger partial charge in [-0.25, -0.2) is 0 Å². The maximum atomic E-state index is 13.5. The van der Waals surface area contributed by atoms with Gasteiger partial charge in [-0.3, -0.25) is 4.79 Å². The highest BCUT2D eigenvalue weighted by molar-refractivity contribution is 6.02. The molecule has 0 fully saturated rings. The molecule has 0 saturated carbocycles. The van der Waals surface area contributed by atoms with E-state index in [1.807, 2.05) is 0 Å². The molecule has 184 valence electrons. The number of benzene rings is 1. The maximum absolute atomic E-state index is 13.5. The van der Waals surface area contributed by atoms with Crippen LogP contribution in [0.4, 0.5) is 0 Å². The van der Waals surface area contributed by atoms with E-state index in [4.69, 9.17) is 0 Å². The van der Waals surface area contributed by atoms with Gasteiger partial charge in [0.2, 0.25) is 0 Å². The van der Waals surface area contributed by atoms with Gasteiger partial charge in [0.05, 0.1) is 5.56 Å². The van der Waals surface area contributed by atoms with E-state index in [1.165, 1.54) is 77.0 Å². The summed E-state index contributed by atoms with van der Waals surface area (Å²) >= 11 is 0. The van der Waals surface area contributed by atoms with Crippen LogP contribution in [-0.2, 0) is 0 Å². The van der Waals surface area contributed by atoms with Gasteiger partial charge in [0.1, 0.15) is 11.5 Å². The van der Waals surface area contributed by atoms with Crippen LogP contribution in [0.5, 0.6) is 11.5 Å². The average Bonchev–Trinajstić information content (AvgIpc) is 2.78. The second kappa shape index (κ2) is 16.2. The number of phenols is 2. The minimum atomic E-state index is -0.0626. The molecule has 0 bridgehead atoms. The van der Waals surface area contributed by atoms with Gasteiger partial charge in [-0.1, -0.05) is 104 Å². The zero-order chi connectivity index (χ0) is 23.9. The molecule has 0 aliphatic rings. The van der Waals surface area contributed by atoms with Crippen molar-refractivity contribution in [3.05, 3.63) is 22.3 Å². The molecule has 2 N–H and O–H groups in total. The molecule has 1 atom stereocenters. The van der Waals surface area contributed by atoms with Crippen LogP contribution in [0.3, 0.4) is 0 Å². The maximum Gasteiger partial charge on any atom is 0.170 e. The van der Waals surface area contributed by atoms with E-state index in [0.717, 1.165) is 25.7 Å². The van der Waals surface area contributed by atoms with Crippen molar-refractivity contribution in [2.24, 2.45) is 5.92 Å². The highest BCUT2D eigenvalue weighted by Gasteiger charge is 2.27. The lowest BCUT2D eigenvalue weighted by Gasteiger charge is -2.20. The highest BCUT2D eigenvalue weighted by Crippen LogP contribution is 2.38. The van der Waals surface area contributed by atoms with Crippen molar-refractivity contribution in [2.75, 3.05) is 0 Å². The number of aromatic hydroxyl groups is 2. The number of hydrogen-bond donors (Lipinski definition) is 2. The molecule has 3 heteroatoms. The summed E-state index contributed by atoms with van der Waals surface area (Å²) in [4.78, 5) is 13.5. The number of carbonyl (C=O) groups is 1. The van der Waals surface area contributed by atoms with Crippen LogP contribution in [0.1, 0.15) is 144 Å². The van der Waals surface area contributed by atoms with E-state index in [2.05, 4.69) is 13.8 Å². The van der Waals surface area contributed by atoms with Crippen LogP contribution in [0, 0.1) is 26.7 Å². The fourth-order valence-electron chi connectivity index (χ4n) is 4.73. The van der Waals surface area contributed by atoms with Crippen molar-refractivity contribution in [3.63, 3.8) is 0 Å². The summed E-state index contributed by atoms with van der Waals surface area (Å²) in [6.07, 6.45) is 19.1. The molecular formula is C29H50O3. The van der Waals surface area contributed by atoms with Gasteiger partial charge >= 0.3 is 0 Å². The molecule has 0 amide bonds. The third-order valence-corrected chi connectivity index (χ3v) is 7.17. The van der Waals surface area contributed by atoms with E-state index in [-0.39, 0.29) is 23.2 Å². The van der Waals surface area contributed by atoms with Crippen LogP contribution in [-0.4, -0.2) is 16.0 Å². The molecule has 1 aromatic carbocycles. The summed E-state index contributed by atoms with van der Waals surface area (Å²) in [6, 6.07) is 0. The number of rotatable bonds is 18. The summed E-state index contributed by atoms with van der Waals surface area (Å²) in [6.45, 7) is 9.80. The van der Waals surface area contributed by atoms with Crippen LogP contribution >= 0.6 is 0 Å². The van der Waals surface area contributed by atoms with Crippen LogP contribution in [0.25, 0.3) is 0 Å². The Labute approximate surface area is 198 Å². The smallest absolute Gasteiger partial charge is 0.170 e. The first-order chi connectivity index (χ1) is 15.4. The van der Waals surface area contributed by atoms with E-state index >= 15 is 0 Å². The summed E-state index contributed by atoms with van der Waals surface area (Å²) in [5.74, 6) is 0.169. The minimum absolute atomic E-state index is 0.0231. The summed E-state index contributed by atoms with van der Waals surface area (Å²) in [7, 11) is 0. The van der Waals surface area contributed by atoms with Crippen molar-refractivity contribution >= 4 is 5.78 Å². The average molecular weight is 447 g/mol. The first-order valence-electron chi connectivity index (χ1n) is 13.4. The first-order valence-corrected chi connectivity index (χ1v) is 13.4. The van der Waals surface area contributed by atoms with Crippen molar-refractivity contribution in [2.45, 2.75) is 137 Å². The first kappa shape index (κ1) is 28.5. The quantitative estimate of drug-likeness (QED) is 0.134. The lowest BCUT2D eigenvalue weighted by Crippen LogP contribution is -2.17. The van der Waals surface area contributed by atoms with Crippen molar-refractivity contribution in [3.8, 4) is 11.5 Å². The number of Topliss-reactive ketones (excluding diaryl/α,β-unsaturated/α-hetero) is 1. The molecule has 1 aromatic rings. The van der Waals surface area contributed by atoms with E-state index in [9.17, 15) is 15.0 Å². The molecule has 0 aliphatic heterocycles. The van der Waals surface area contributed by atoms with Gasteiger partial charge in [-0.05, 0) is 44.7 Å². The normalized spacial score (nSPS) is 12.3. The third-order valence-electron chi connectivity index (χ3n) is 7.17. The number of unbranched alkanes of at least 4 members (excludes halogenated alkanes) is 12. The zero-order valence-electron chi connectivity index (χ0n) is 21.7. The lowest BCUT2D eigenvalue weighted by molar-refractivity contribution is 0.0897. The molecule has 0 radical (unpaired) electrons. The summed E-state index contributed by atoms with van der Waals surface area (Å²) in [5, 5.41) is 21.2. The number of carbonyl (C=O) groups excluding carboxylic acids is 1. The van der Waals surface area contributed by atoms with Gasteiger partial charge in [-0.15, -0.1) is 0 Å². The second-order valence-corrected chi connectivity index (χ2v) is 9.83. The fourth-order valence-corrected chi connectivity index (χ4v) is 4.73. The Morgan fingerprint density at radius 1 is 0.594 bits per heavy atom. The Hall–Kier alpha value is -1.51. The Bertz CT molecular complexity index is 648. The molecule has 0 aromatic heterocycles. The number of phenolic OH excluding ortho intramolecular Hbond substituents is 2. The summed E-state index contributed by atoms with van der Waals surface area (Å²) in [5.41, 5.74) is 2.15. The largest absolute Gasteiger partial charge is 0.507 e. The Kier molecular flexibility index (Phi) is 14.4. The minimum Gasteiger partial charge on any atom is -0.507 e. The van der Waals surface area contributed by atoms with E-state index in [1.54, 1.807) is 20.8 Å². The fraction of sp³-hybridized carbons (Fsp3) is 0.759. The second-order valence-electron chi connectivity index (χ2n) is 9.83. The number of ketones is 1. The Morgan fingerprint density at radius 2 is 0.969 bits per heavy atom. The van der Waals surface area contributed by atoms with Crippen LogP contribution in [0.2, 0.25) is 0 Å². The molecule has 0 saturated heterocycles. The van der Waals surface area contributed by atoms with Gasteiger partial charge < -0.3 is 10.2 Å². The topological polar surface area (TPSA) is 57.5 Å². The zero-order valence-corrected chi connectivity index (χ0v) is 21.7. The molecule has 0 spiro atoms. The predicted molar refractivity (Wildman–Crippen MR) is 137 cm³/mol. The van der Waals surface area contributed by atoms with Gasteiger partial charge in [0.15, 0.2) is 5.78 Å².